The molecule has 2 rings (SSSR count). The van der Waals surface area contributed by atoms with Gasteiger partial charge in [0.15, 0.2) is 0 Å². The first kappa shape index (κ1) is 12.8. The number of anilines is 1. The molecule has 1 saturated heterocycles. The van der Waals surface area contributed by atoms with E-state index < -0.39 is 0 Å². The number of morpholine rings is 1. The molecule has 1 unspecified atom stereocenters. The lowest BCUT2D eigenvalue weighted by atomic mass is 10.2. The summed E-state index contributed by atoms with van der Waals surface area (Å²) >= 11 is 16.8. The monoisotopic (exact) mass is 291 g/mol. The second kappa shape index (κ2) is 5.35. The van der Waals surface area contributed by atoms with E-state index in [9.17, 15) is 0 Å². The largest absolute Gasteiger partial charge is 0.391 e. The zero-order valence-corrected chi connectivity index (χ0v) is 11.2. The van der Waals surface area contributed by atoms with E-state index >= 15 is 0 Å². The third-order valence-electron chi connectivity index (χ3n) is 2.47. The second-order valence-corrected chi connectivity index (χ2v) is 4.98. The molecular formula is C10H11Cl2N3OS. The molecule has 1 atom stereocenters. The van der Waals surface area contributed by atoms with Crippen molar-refractivity contribution in [2.45, 2.75) is 6.10 Å². The fourth-order valence-electron chi connectivity index (χ4n) is 1.65. The summed E-state index contributed by atoms with van der Waals surface area (Å²) in [5.74, 6) is 0.681. The van der Waals surface area contributed by atoms with Crippen molar-refractivity contribution in [2.75, 3.05) is 24.6 Å². The molecule has 17 heavy (non-hydrogen) atoms. The van der Waals surface area contributed by atoms with E-state index in [1.807, 2.05) is 4.90 Å². The van der Waals surface area contributed by atoms with Crippen LogP contribution in [-0.2, 0) is 4.74 Å². The molecule has 2 heterocycles. The predicted octanol–water partition coefficient (Wildman–Crippen LogP) is 1.88. The van der Waals surface area contributed by atoms with E-state index in [-0.39, 0.29) is 6.10 Å². The minimum Gasteiger partial charge on any atom is -0.391 e. The van der Waals surface area contributed by atoms with Gasteiger partial charge >= 0.3 is 0 Å². The van der Waals surface area contributed by atoms with E-state index in [1.165, 1.54) is 0 Å². The first-order valence-corrected chi connectivity index (χ1v) is 6.21. The Hall–Kier alpha value is -0.620. The first-order chi connectivity index (χ1) is 8.08. The molecule has 1 aromatic rings. The quantitative estimate of drug-likeness (QED) is 0.843. The number of rotatable bonds is 2. The van der Waals surface area contributed by atoms with Crippen molar-refractivity contribution in [1.82, 2.24) is 4.98 Å². The molecule has 1 aliphatic rings. The normalized spacial score (nSPS) is 20.4. The van der Waals surface area contributed by atoms with Crippen LogP contribution in [0.5, 0.6) is 0 Å². The van der Waals surface area contributed by atoms with Gasteiger partial charge in [0.05, 0.1) is 23.2 Å². The Morgan fingerprint density at radius 1 is 1.59 bits per heavy atom. The highest BCUT2D eigenvalue weighted by Gasteiger charge is 2.24. The highest BCUT2D eigenvalue weighted by Crippen LogP contribution is 2.27. The summed E-state index contributed by atoms with van der Waals surface area (Å²) in [6, 6.07) is 1.66. The van der Waals surface area contributed by atoms with Gasteiger partial charge in [0, 0.05) is 12.7 Å². The molecule has 4 nitrogen and oxygen atoms in total. The SMILES string of the molecule is NC(=S)C1CN(c2ncc(Cl)cc2Cl)CCO1. The van der Waals surface area contributed by atoms with Gasteiger partial charge in [0.25, 0.3) is 0 Å². The summed E-state index contributed by atoms with van der Waals surface area (Å²) in [6.45, 7) is 1.81. The molecule has 0 radical (unpaired) electrons. The third-order valence-corrected chi connectivity index (χ3v) is 3.22. The zero-order chi connectivity index (χ0) is 12.4. The maximum absolute atomic E-state index is 6.10. The van der Waals surface area contributed by atoms with Crippen molar-refractivity contribution >= 4 is 46.2 Å². The molecule has 0 amide bonds. The van der Waals surface area contributed by atoms with Crippen molar-refractivity contribution in [1.29, 1.82) is 0 Å². The predicted molar refractivity (Wildman–Crippen MR) is 73.0 cm³/mol. The van der Waals surface area contributed by atoms with Crippen LogP contribution in [0.4, 0.5) is 5.82 Å². The topological polar surface area (TPSA) is 51.4 Å². The first-order valence-electron chi connectivity index (χ1n) is 5.05. The Kier molecular flexibility index (Phi) is 4.04. The highest BCUT2D eigenvalue weighted by molar-refractivity contribution is 7.80. The summed E-state index contributed by atoms with van der Waals surface area (Å²) in [5.41, 5.74) is 5.57. The number of pyridine rings is 1. The smallest absolute Gasteiger partial charge is 0.147 e. The van der Waals surface area contributed by atoms with Crippen molar-refractivity contribution in [3.8, 4) is 0 Å². The number of nitrogens with two attached hydrogens (primary N) is 1. The van der Waals surface area contributed by atoms with Gasteiger partial charge in [0.1, 0.15) is 16.9 Å². The van der Waals surface area contributed by atoms with E-state index in [4.69, 9.17) is 45.9 Å². The van der Waals surface area contributed by atoms with Crippen LogP contribution in [-0.4, -0.2) is 35.8 Å². The van der Waals surface area contributed by atoms with E-state index in [0.29, 0.717) is 40.5 Å². The van der Waals surface area contributed by atoms with Crippen LogP contribution < -0.4 is 10.6 Å². The summed E-state index contributed by atoms with van der Waals surface area (Å²) in [6.07, 6.45) is 1.31. The summed E-state index contributed by atoms with van der Waals surface area (Å²) < 4.78 is 5.45. The minimum atomic E-state index is -0.257. The van der Waals surface area contributed by atoms with Gasteiger partial charge in [-0.3, -0.25) is 0 Å². The summed E-state index contributed by atoms with van der Waals surface area (Å²) in [4.78, 5) is 6.56. The average molecular weight is 292 g/mol. The molecule has 1 aromatic heterocycles. The fraction of sp³-hybridized carbons (Fsp3) is 0.400. The lowest BCUT2D eigenvalue weighted by molar-refractivity contribution is 0.0844. The Balaban J connectivity index is 2.19. The standard InChI is InChI=1S/C10H11Cl2N3OS/c11-6-3-7(12)10(14-4-6)15-1-2-16-8(5-15)9(13)17/h3-4,8H,1-2,5H2,(H2,13,17). The van der Waals surface area contributed by atoms with Gasteiger partial charge in [-0.2, -0.15) is 0 Å². The van der Waals surface area contributed by atoms with Crippen LogP contribution >= 0.6 is 35.4 Å². The molecule has 92 valence electrons. The number of hydrogen-bond donors (Lipinski definition) is 1. The number of hydrogen-bond acceptors (Lipinski definition) is 4. The molecule has 1 fully saturated rings. The van der Waals surface area contributed by atoms with E-state index in [0.717, 1.165) is 0 Å². The molecule has 0 aliphatic carbocycles. The lowest BCUT2D eigenvalue weighted by Gasteiger charge is -2.33. The Morgan fingerprint density at radius 2 is 2.35 bits per heavy atom. The zero-order valence-electron chi connectivity index (χ0n) is 8.90. The van der Waals surface area contributed by atoms with E-state index in [1.54, 1.807) is 12.3 Å². The third kappa shape index (κ3) is 2.98. The maximum atomic E-state index is 6.10. The van der Waals surface area contributed by atoms with Crippen LogP contribution in [0.25, 0.3) is 0 Å². The molecule has 0 bridgehead atoms. The van der Waals surface area contributed by atoms with Crippen molar-refractivity contribution < 1.29 is 4.74 Å². The molecule has 2 N–H and O–H groups in total. The van der Waals surface area contributed by atoms with Crippen LogP contribution in [0.1, 0.15) is 0 Å². The Morgan fingerprint density at radius 3 is 3.00 bits per heavy atom. The van der Waals surface area contributed by atoms with Gasteiger partial charge < -0.3 is 15.4 Å². The van der Waals surface area contributed by atoms with Gasteiger partial charge in [-0.1, -0.05) is 35.4 Å². The summed E-state index contributed by atoms with van der Waals surface area (Å²) in [5, 5.41) is 1.03. The number of thiocarbonyl (C=S) groups is 1. The average Bonchev–Trinajstić information content (AvgIpc) is 2.29. The van der Waals surface area contributed by atoms with Crippen LogP contribution in [0.15, 0.2) is 12.3 Å². The number of nitrogens with zero attached hydrogens (tertiary/aromatic N) is 2. The lowest BCUT2D eigenvalue weighted by Crippen LogP contribution is -2.48. The number of halogens is 2. The molecule has 7 heteroatoms. The van der Waals surface area contributed by atoms with Gasteiger partial charge in [-0.25, -0.2) is 4.98 Å². The molecule has 1 aliphatic heterocycles. The van der Waals surface area contributed by atoms with Crippen LogP contribution in [0.2, 0.25) is 10.0 Å². The number of aromatic nitrogens is 1. The van der Waals surface area contributed by atoms with Crippen molar-refractivity contribution in [3.63, 3.8) is 0 Å². The molecule has 0 aromatic carbocycles. The second-order valence-electron chi connectivity index (χ2n) is 3.67. The highest BCUT2D eigenvalue weighted by atomic mass is 35.5. The Labute approximate surface area is 115 Å². The number of ether oxygens (including phenoxy) is 1. The molecular weight excluding hydrogens is 281 g/mol. The van der Waals surface area contributed by atoms with Crippen molar-refractivity contribution in [3.05, 3.63) is 22.3 Å². The van der Waals surface area contributed by atoms with E-state index in [2.05, 4.69) is 4.98 Å². The fourth-order valence-corrected chi connectivity index (χ4v) is 2.30. The molecule has 0 saturated carbocycles. The van der Waals surface area contributed by atoms with Crippen molar-refractivity contribution in [2.24, 2.45) is 5.73 Å². The Bertz CT molecular complexity index is 444. The minimum absolute atomic E-state index is 0.257. The van der Waals surface area contributed by atoms with Gasteiger partial charge in [-0.15, -0.1) is 0 Å². The molecule has 0 spiro atoms. The summed E-state index contributed by atoms with van der Waals surface area (Å²) in [7, 11) is 0. The maximum Gasteiger partial charge on any atom is 0.147 e. The van der Waals surface area contributed by atoms with Crippen LogP contribution in [0.3, 0.4) is 0 Å². The van der Waals surface area contributed by atoms with Gasteiger partial charge in [-0.05, 0) is 6.07 Å². The van der Waals surface area contributed by atoms with Crippen LogP contribution in [0, 0.1) is 0 Å². The van der Waals surface area contributed by atoms with Gasteiger partial charge in [0.2, 0.25) is 0 Å².